The molecule has 0 saturated carbocycles. The molecule has 19 heavy (non-hydrogen) atoms. The molecule has 100 valence electrons. The molecule has 0 aliphatic rings. The molecule has 0 bridgehead atoms. The molecule has 2 aromatic rings. The Morgan fingerprint density at radius 1 is 1.26 bits per heavy atom. The Hall–Kier alpha value is -2.02. The predicted octanol–water partition coefficient (Wildman–Crippen LogP) is 2.95. The summed E-state index contributed by atoms with van der Waals surface area (Å²) < 4.78 is 5.15. The number of hydrogen-bond donors (Lipinski definition) is 1. The van der Waals surface area contributed by atoms with Crippen molar-refractivity contribution in [1.29, 1.82) is 0 Å². The van der Waals surface area contributed by atoms with Crippen molar-refractivity contribution < 1.29 is 9.53 Å². The van der Waals surface area contributed by atoms with E-state index in [9.17, 15) is 4.79 Å². The zero-order valence-electron chi connectivity index (χ0n) is 10.9. The highest BCUT2D eigenvalue weighted by atomic mass is 32.1. The Kier molecular flexibility index (Phi) is 3.75. The summed E-state index contributed by atoms with van der Waals surface area (Å²) in [5, 5.41) is 3.05. The monoisotopic (exact) mass is 278 g/mol. The highest BCUT2D eigenvalue weighted by Gasteiger charge is 2.17. The number of carbonyl (C=O) groups excluding carboxylic acids is 1. The van der Waals surface area contributed by atoms with Gasteiger partial charge in [0.05, 0.1) is 11.1 Å². The van der Waals surface area contributed by atoms with Crippen molar-refractivity contribution in [2.45, 2.75) is 26.4 Å². The van der Waals surface area contributed by atoms with Crippen LogP contribution in [0.1, 0.15) is 20.8 Å². The van der Waals surface area contributed by atoms with Crippen LogP contribution in [0, 0.1) is 0 Å². The van der Waals surface area contributed by atoms with E-state index in [1.165, 1.54) is 11.3 Å². The number of hydrogen-bond acceptors (Lipinski definition) is 6. The first-order chi connectivity index (χ1) is 8.94. The minimum Gasteiger partial charge on any atom is -0.444 e. The summed E-state index contributed by atoms with van der Waals surface area (Å²) in [6.07, 6.45) is 5.97. The van der Waals surface area contributed by atoms with Gasteiger partial charge in [0.25, 0.3) is 0 Å². The van der Waals surface area contributed by atoms with E-state index >= 15 is 0 Å². The first kappa shape index (κ1) is 13.4. The third kappa shape index (κ3) is 3.99. The average molecular weight is 278 g/mol. The topological polar surface area (TPSA) is 77.0 Å². The van der Waals surface area contributed by atoms with Crippen LogP contribution in [0.4, 0.5) is 9.93 Å². The van der Waals surface area contributed by atoms with E-state index in [1.807, 2.05) is 0 Å². The SMILES string of the molecule is CC(C)(C)OC(=O)Nc1ncc(-c2cnccn2)s1. The van der Waals surface area contributed by atoms with Gasteiger partial charge in [-0.25, -0.2) is 9.78 Å². The van der Waals surface area contributed by atoms with Gasteiger partial charge in [0.15, 0.2) is 5.13 Å². The lowest BCUT2D eigenvalue weighted by Gasteiger charge is -2.18. The second-order valence-corrected chi connectivity index (χ2v) is 5.78. The van der Waals surface area contributed by atoms with E-state index in [1.54, 1.807) is 45.6 Å². The number of anilines is 1. The van der Waals surface area contributed by atoms with Gasteiger partial charge in [0.2, 0.25) is 0 Å². The third-order valence-corrected chi connectivity index (χ3v) is 2.86. The van der Waals surface area contributed by atoms with Crippen molar-refractivity contribution in [2.75, 3.05) is 5.32 Å². The zero-order chi connectivity index (χ0) is 13.9. The van der Waals surface area contributed by atoms with Gasteiger partial charge in [-0.15, -0.1) is 0 Å². The summed E-state index contributed by atoms with van der Waals surface area (Å²) >= 11 is 1.31. The summed E-state index contributed by atoms with van der Waals surface area (Å²) in [6, 6.07) is 0. The van der Waals surface area contributed by atoms with E-state index in [0.717, 1.165) is 10.6 Å². The lowest BCUT2D eigenvalue weighted by molar-refractivity contribution is 0.0636. The number of carbonyl (C=O) groups is 1. The number of rotatable bonds is 2. The molecule has 0 aliphatic carbocycles. The van der Waals surface area contributed by atoms with Crippen molar-refractivity contribution in [1.82, 2.24) is 15.0 Å². The fourth-order valence-corrected chi connectivity index (χ4v) is 2.03. The van der Waals surface area contributed by atoms with E-state index in [2.05, 4.69) is 20.3 Å². The number of aromatic nitrogens is 3. The highest BCUT2D eigenvalue weighted by Crippen LogP contribution is 2.27. The molecule has 6 nitrogen and oxygen atoms in total. The molecule has 0 spiro atoms. The molecular formula is C12H14N4O2S. The average Bonchev–Trinajstić information content (AvgIpc) is 2.76. The maximum Gasteiger partial charge on any atom is 0.413 e. The molecule has 0 unspecified atom stereocenters. The van der Waals surface area contributed by atoms with Gasteiger partial charge in [-0.2, -0.15) is 0 Å². The molecular weight excluding hydrogens is 264 g/mol. The first-order valence-electron chi connectivity index (χ1n) is 5.66. The van der Waals surface area contributed by atoms with Gasteiger partial charge in [-0.3, -0.25) is 15.3 Å². The Bertz CT molecular complexity index is 563. The summed E-state index contributed by atoms with van der Waals surface area (Å²) in [5.41, 5.74) is 0.187. The van der Waals surface area contributed by atoms with Crippen LogP contribution in [-0.4, -0.2) is 26.6 Å². The minimum atomic E-state index is -0.533. The number of nitrogens with one attached hydrogen (secondary N) is 1. The second-order valence-electron chi connectivity index (χ2n) is 4.75. The van der Waals surface area contributed by atoms with Crippen molar-refractivity contribution >= 4 is 22.6 Å². The molecule has 7 heteroatoms. The maximum atomic E-state index is 11.6. The predicted molar refractivity (Wildman–Crippen MR) is 73.0 cm³/mol. The molecule has 0 radical (unpaired) electrons. The van der Waals surface area contributed by atoms with Gasteiger partial charge in [-0.05, 0) is 20.8 Å². The minimum absolute atomic E-state index is 0.468. The molecule has 0 fully saturated rings. The Labute approximate surface area is 114 Å². The van der Waals surface area contributed by atoms with E-state index in [0.29, 0.717) is 5.13 Å². The summed E-state index contributed by atoms with van der Waals surface area (Å²) in [6.45, 7) is 5.41. The van der Waals surface area contributed by atoms with E-state index in [4.69, 9.17) is 4.74 Å². The Morgan fingerprint density at radius 2 is 2.05 bits per heavy atom. The van der Waals surface area contributed by atoms with Crippen LogP contribution in [0.15, 0.2) is 24.8 Å². The van der Waals surface area contributed by atoms with E-state index < -0.39 is 11.7 Å². The fraction of sp³-hybridized carbons (Fsp3) is 0.333. The molecule has 0 atom stereocenters. The molecule has 2 rings (SSSR count). The third-order valence-electron chi connectivity index (χ3n) is 1.93. The number of amides is 1. The number of nitrogens with zero attached hydrogens (tertiary/aromatic N) is 3. The molecule has 0 aromatic carbocycles. The molecule has 1 amide bonds. The lowest BCUT2D eigenvalue weighted by Crippen LogP contribution is -2.27. The molecule has 1 N–H and O–H groups in total. The quantitative estimate of drug-likeness (QED) is 0.913. The van der Waals surface area contributed by atoms with Crippen molar-refractivity contribution in [2.24, 2.45) is 0 Å². The summed E-state index contributed by atoms with van der Waals surface area (Å²) in [5.74, 6) is 0. The molecule has 2 aromatic heterocycles. The maximum absolute atomic E-state index is 11.6. The van der Waals surface area contributed by atoms with Crippen molar-refractivity contribution in [3.05, 3.63) is 24.8 Å². The van der Waals surface area contributed by atoms with Crippen LogP contribution in [0.3, 0.4) is 0 Å². The fourth-order valence-electron chi connectivity index (χ4n) is 1.27. The summed E-state index contributed by atoms with van der Waals surface area (Å²) in [7, 11) is 0. The second kappa shape index (κ2) is 5.31. The van der Waals surface area contributed by atoms with Gasteiger partial charge in [0, 0.05) is 18.6 Å². The van der Waals surface area contributed by atoms with Gasteiger partial charge in [-0.1, -0.05) is 11.3 Å². The van der Waals surface area contributed by atoms with E-state index in [-0.39, 0.29) is 0 Å². The Morgan fingerprint density at radius 3 is 2.68 bits per heavy atom. The zero-order valence-corrected chi connectivity index (χ0v) is 11.7. The van der Waals surface area contributed by atoms with Crippen molar-refractivity contribution in [3.8, 4) is 10.6 Å². The molecule has 2 heterocycles. The highest BCUT2D eigenvalue weighted by molar-refractivity contribution is 7.19. The Balaban J connectivity index is 2.04. The standard InChI is InChI=1S/C12H14N4O2S/c1-12(2,3)18-11(17)16-10-15-7-9(19-10)8-6-13-4-5-14-8/h4-7H,1-3H3,(H,15,16,17). The smallest absolute Gasteiger partial charge is 0.413 e. The van der Waals surface area contributed by atoms with Gasteiger partial charge < -0.3 is 4.74 Å². The van der Waals surface area contributed by atoms with Crippen LogP contribution in [-0.2, 0) is 4.74 Å². The van der Waals surface area contributed by atoms with Gasteiger partial charge >= 0.3 is 6.09 Å². The molecule has 0 saturated heterocycles. The van der Waals surface area contributed by atoms with Gasteiger partial charge in [0.1, 0.15) is 11.3 Å². The lowest BCUT2D eigenvalue weighted by atomic mass is 10.2. The van der Waals surface area contributed by atoms with Crippen LogP contribution in [0.5, 0.6) is 0 Å². The van der Waals surface area contributed by atoms with Crippen LogP contribution >= 0.6 is 11.3 Å². The molecule has 0 aliphatic heterocycles. The number of ether oxygens (including phenoxy) is 1. The van der Waals surface area contributed by atoms with Crippen LogP contribution in [0.2, 0.25) is 0 Å². The van der Waals surface area contributed by atoms with Crippen LogP contribution < -0.4 is 5.32 Å². The first-order valence-corrected chi connectivity index (χ1v) is 6.48. The largest absolute Gasteiger partial charge is 0.444 e. The van der Waals surface area contributed by atoms with Crippen LogP contribution in [0.25, 0.3) is 10.6 Å². The number of thiazole rings is 1. The normalized spacial score (nSPS) is 11.1. The van der Waals surface area contributed by atoms with Crippen molar-refractivity contribution in [3.63, 3.8) is 0 Å². The summed E-state index contributed by atoms with van der Waals surface area (Å²) in [4.78, 5) is 24.7.